The average Bonchev–Trinajstić information content (AvgIpc) is 2.97. The van der Waals surface area contributed by atoms with Crippen LogP contribution in [-0.2, 0) is 0 Å². The van der Waals surface area contributed by atoms with Crippen LogP contribution in [0.1, 0.15) is 47.6 Å². The fourth-order valence-electron chi connectivity index (χ4n) is 3.59. The average molecular weight is 306 g/mol. The van der Waals surface area contributed by atoms with E-state index in [0.717, 1.165) is 47.6 Å². The zero-order valence-electron chi connectivity index (χ0n) is 13.6. The second-order valence-electron chi connectivity index (χ2n) is 6.52. The van der Waals surface area contributed by atoms with Gasteiger partial charge < -0.3 is 10.3 Å². The third kappa shape index (κ3) is 2.75. The first-order valence-corrected chi connectivity index (χ1v) is 8.33. The number of aryl methyl sites for hydroxylation is 2. The van der Waals surface area contributed by atoms with Crippen molar-refractivity contribution in [3.8, 4) is 0 Å². The molecule has 4 rings (SSSR count). The number of hydrogen-bond acceptors (Lipinski definition) is 3. The molecule has 118 valence electrons. The van der Waals surface area contributed by atoms with Crippen molar-refractivity contribution in [3.63, 3.8) is 0 Å². The summed E-state index contributed by atoms with van der Waals surface area (Å²) in [6, 6.07) is 13.2. The van der Waals surface area contributed by atoms with Crippen LogP contribution >= 0.6 is 0 Å². The molecular formula is C19H22N4. The molecule has 4 heteroatoms. The number of fused-ring (bicyclic) bond motifs is 1. The number of nitrogens with zero attached hydrogens (tertiary/aromatic N) is 2. The molecule has 0 spiro atoms. The minimum absolute atomic E-state index is 0.391. The molecule has 4 nitrogen and oxygen atoms in total. The highest BCUT2D eigenvalue weighted by Gasteiger charge is 2.26. The first-order valence-electron chi connectivity index (χ1n) is 8.33. The summed E-state index contributed by atoms with van der Waals surface area (Å²) in [6.45, 7) is 5.15. The maximum absolute atomic E-state index is 4.84. The second-order valence-corrected chi connectivity index (χ2v) is 6.52. The minimum atomic E-state index is 0.391. The van der Waals surface area contributed by atoms with Crippen LogP contribution < -0.4 is 5.32 Å². The van der Waals surface area contributed by atoms with Gasteiger partial charge in [-0.2, -0.15) is 0 Å². The summed E-state index contributed by atoms with van der Waals surface area (Å²) in [5.41, 5.74) is 5.65. The van der Waals surface area contributed by atoms with Gasteiger partial charge in [-0.05, 0) is 44.9 Å². The standard InChI is InChI=1S/C19H22N4/c1-12-10-17-18(21-12)13(2)22-19(23-17)15-8-9-20-16(11-15)14-6-4-3-5-7-14/h3-7,10,15-16,20-21H,8-9,11H2,1-2H3. The van der Waals surface area contributed by atoms with Gasteiger partial charge in [0.2, 0.25) is 0 Å². The number of aromatic amines is 1. The van der Waals surface area contributed by atoms with Crippen molar-refractivity contribution < 1.29 is 0 Å². The third-order valence-electron chi connectivity index (χ3n) is 4.78. The Hall–Kier alpha value is -2.20. The smallest absolute Gasteiger partial charge is 0.132 e. The van der Waals surface area contributed by atoms with Crippen molar-refractivity contribution >= 4 is 11.0 Å². The summed E-state index contributed by atoms with van der Waals surface area (Å²) in [6.07, 6.45) is 2.15. The van der Waals surface area contributed by atoms with Crippen LogP contribution in [0.4, 0.5) is 0 Å². The first kappa shape index (κ1) is 14.4. The Balaban J connectivity index is 1.65. The number of piperidine rings is 1. The van der Waals surface area contributed by atoms with Gasteiger partial charge in [-0.15, -0.1) is 0 Å². The number of benzene rings is 1. The molecule has 1 aliphatic heterocycles. The van der Waals surface area contributed by atoms with Crippen molar-refractivity contribution in [2.24, 2.45) is 0 Å². The van der Waals surface area contributed by atoms with Gasteiger partial charge in [0.15, 0.2) is 0 Å². The van der Waals surface area contributed by atoms with E-state index in [0.29, 0.717) is 12.0 Å². The second kappa shape index (κ2) is 5.78. The summed E-state index contributed by atoms with van der Waals surface area (Å²) < 4.78 is 0. The van der Waals surface area contributed by atoms with Gasteiger partial charge in [0.1, 0.15) is 5.82 Å². The lowest BCUT2D eigenvalue weighted by Crippen LogP contribution is -2.31. The van der Waals surface area contributed by atoms with Crippen LogP contribution in [0.2, 0.25) is 0 Å². The fourth-order valence-corrected chi connectivity index (χ4v) is 3.59. The normalized spacial score (nSPS) is 21.7. The lowest BCUT2D eigenvalue weighted by molar-refractivity contribution is 0.360. The molecule has 1 fully saturated rings. The molecule has 2 atom stereocenters. The van der Waals surface area contributed by atoms with Crippen molar-refractivity contribution in [3.05, 3.63) is 59.2 Å². The Morgan fingerprint density at radius 2 is 1.91 bits per heavy atom. The van der Waals surface area contributed by atoms with Crippen molar-refractivity contribution in [2.75, 3.05) is 6.54 Å². The Labute approximate surface area is 136 Å². The predicted molar refractivity (Wildman–Crippen MR) is 92.5 cm³/mol. The maximum Gasteiger partial charge on any atom is 0.132 e. The number of rotatable bonds is 2. The fraction of sp³-hybridized carbons (Fsp3) is 0.368. The van der Waals surface area contributed by atoms with E-state index in [1.165, 1.54) is 5.56 Å². The zero-order valence-corrected chi connectivity index (χ0v) is 13.6. The molecule has 0 aliphatic carbocycles. The van der Waals surface area contributed by atoms with E-state index in [1.54, 1.807) is 0 Å². The largest absolute Gasteiger partial charge is 0.356 e. The van der Waals surface area contributed by atoms with Gasteiger partial charge >= 0.3 is 0 Å². The molecule has 0 radical (unpaired) electrons. The molecule has 2 aromatic heterocycles. The summed E-state index contributed by atoms with van der Waals surface area (Å²) >= 11 is 0. The molecule has 1 aromatic carbocycles. The topological polar surface area (TPSA) is 53.6 Å². The molecule has 0 saturated carbocycles. The van der Waals surface area contributed by atoms with E-state index in [2.05, 4.69) is 60.5 Å². The summed E-state index contributed by atoms with van der Waals surface area (Å²) in [5, 5.41) is 3.63. The van der Waals surface area contributed by atoms with Gasteiger partial charge in [0, 0.05) is 17.7 Å². The highest BCUT2D eigenvalue weighted by Crippen LogP contribution is 2.33. The van der Waals surface area contributed by atoms with Crippen LogP contribution in [0, 0.1) is 13.8 Å². The van der Waals surface area contributed by atoms with Gasteiger partial charge in [0.25, 0.3) is 0 Å². The molecule has 3 aromatic rings. The lowest BCUT2D eigenvalue weighted by Gasteiger charge is -2.30. The van der Waals surface area contributed by atoms with E-state index >= 15 is 0 Å². The van der Waals surface area contributed by atoms with Gasteiger partial charge in [-0.25, -0.2) is 9.97 Å². The number of H-pyrrole nitrogens is 1. The van der Waals surface area contributed by atoms with Crippen LogP contribution in [0.15, 0.2) is 36.4 Å². The van der Waals surface area contributed by atoms with Crippen LogP contribution in [0.5, 0.6) is 0 Å². The molecule has 1 saturated heterocycles. The Bertz CT molecular complexity index is 822. The molecule has 0 bridgehead atoms. The van der Waals surface area contributed by atoms with Crippen LogP contribution in [-0.4, -0.2) is 21.5 Å². The van der Waals surface area contributed by atoms with E-state index in [-0.39, 0.29) is 0 Å². The molecular weight excluding hydrogens is 284 g/mol. The summed E-state index contributed by atoms with van der Waals surface area (Å²) in [5.74, 6) is 1.41. The Morgan fingerprint density at radius 1 is 1.09 bits per heavy atom. The van der Waals surface area contributed by atoms with E-state index < -0.39 is 0 Å². The maximum atomic E-state index is 4.84. The lowest BCUT2D eigenvalue weighted by atomic mass is 9.88. The van der Waals surface area contributed by atoms with Gasteiger partial charge in [0.05, 0.1) is 16.7 Å². The predicted octanol–water partition coefficient (Wildman–Crippen LogP) is 3.78. The summed E-state index contributed by atoms with van der Waals surface area (Å²) in [4.78, 5) is 13.0. The third-order valence-corrected chi connectivity index (χ3v) is 4.78. The quantitative estimate of drug-likeness (QED) is 0.757. The number of nitrogens with one attached hydrogen (secondary N) is 2. The molecule has 3 heterocycles. The SMILES string of the molecule is Cc1cc2nc(C3CCNC(c4ccccc4)C3)nc(C)c2[nH]1. The van der Waals surface area contributed by atoms with Crippen molar-refractivity contribution in [2.45, 2.75) is 38.6 Å². The summed E-state index contributed by atoms with van der Waals surface area (Å²) in [7, 11) is 0. The van der Waals surface area contributed by atoms with Crippen LogP contribution in [0.25, 0.3) is 11.0 Å². The van der Waals surface area contributed by atoms with Crippen molar-refractivity contribution in [1.29, 1.82) is 0 Å². The number of aromatic nitrogens is 3. The Kier molecular flexibility index (Phi) is 3.62. The molecule has 2 N–H and O–H groups in total. The zero-order chi connectivity index (χ0) is 15.8. The van der Waals surface area contributed by atoms with E-state index in [9.17, 15) is 0 Å². The number of hydrogen-bond donors (Lipinski definition) is 2. The highest BCUT2D eigenvalue weighted by molar-refractivity contribution is 5.78. The van der Waals surface area contributed by atoms with Crippen LogP contribution in [0.3, 0.4) is 0 Å². The van der Waals surface area contributed by atoms with Crippen molar-refractivity contribution in [1.82, 2.24) is 20.3 Å². The molecule has 2 unspecified atom stereocenters. The van der Waals surface area contributed by atoms with E-state index in [4.69, 9.17) is 9.97 Å². The molecule has 1 aliphatic rings. The van der Waals surface area contributed by atoms with Gasteiger partial charge in [-0.1, -0.05) is 30.3 Å². The first-order chi connectivity index (χ1) is 11.2. The van der Waals surface area contributed by atoms with E-state index in [1.807, 2.05) is 0 Å². The highest BCUT2D eigenvalue weighted by atomic mass is 15.0. The Morgan fingerprint density at radius 3 is 2.74 bits per heavy atom. The molecule has 23 heavy (non-hydrogen) atoms. The van der Waals surface area contributed by atoms with Gasteiger partial charge in [-0.3, -0.25) is 0 Å². The minimum Gasteiger partial charge on any atom is -0.356 e. The monoisotopic (exact) mass is 306 g/mol. The molecule has 0 amide bonds.